The number of aryl methyl sites for hydroxylation is 2. The number of hydrogen-bond donors (Lipinski definition) is 1. The van der Waals surface area contributed by atoms with Gasteiger partial charge in [0.05, 0.1) is 13.7 Å². The van der Waals surface area contributed by atoms with Gasteiger partial charge in [0.25, 0.3) is 5.91 Å². The van der Waals surface area contributed by atoms with Crippen LogP contribution < -0.4 is 19.5 Å². The molecule has 0 unspecified atom stereocenters. The van der Waals surface area contributed by atoms with Crippen molar-refractivity contribution in [2.24, 2.45) is 0 Å². The van der Waals surface area contributed by atoms with Gasteiger partial charge in [-0.3, -0.25) is 4.79 Å². The van der Waals surface area contributed by atoms with Crippen molar-refractivity contribution < 1.29 is 19.0 Å². The van der Waals surface area contributed by atoms with Crippen molar-refractivity contribution >= 4 is 5.91 Å². The summed E-state index contributed by atoms with van der Waals surface area (Å²) in [5.41, 5.74) is 2.11. The number of ether oxygens (including phenoxy) is 3. The average molecular weight is 329 g/mol. The minimum absolute atomic E-state index is 0.00711. The maximum atomic E-state index is 11.8. The van der Waals surface area contributed by atoms with Crippen LogP contribution in [0.5, 0.6) is 17.2 Å². The molecule has 2 aromatic carbocycles. The molecule has 0 aliphatic rings. The van der Waals surface area contributed by atoms with E-state index in [4.69, 9.17) is 14.2 Å². The molecule has 5 heteroatoms. The molecule has 1 N–H and O–H groups in total. The van der Waals surface area contributed by atoms with E-state index in [-0.39, 0.29) is 12.5 Å². The lowest BCUT2D eigenvalue weighted by Crippen LogP contribution is -2.32. The van der Waals surface area contributed by atoms with E-state index in [1.807, 2.05) is 56.3 Å². The number of methoxy groups -OCH3 is 1. The fourth-order valence-electron chi connectivity index (χ4n) is 2.09. The smallest absolute Gasteiger partial charge is 0.258 e. The van der Waals surface area contributed by atoms with Crippen LogP contribution in [0.15, 0.2) is 42.5 Å². The van der Waals surface area contributed by atoms with Gasteiger partial charge in [-0.25, -0.2) is 0 Å². The molecule has 0 saturated carbocycles. The standard InChI is InChI=1S/C19H23NO4/c1-14-4-5-15(2)18(12-14)24-13-19(21)20-10-11-23-17-8-6-16(22-3)7-9-17/h4-9,12H,10-11,13H2,1-3H3,(H,20,21). The third-order valence-corrected chi connectivity index (χ3v) is 3.45. The zero-order valence-corrected chi connectivity index (χ0v) is 14.3. The molecule has 0 fully saturated rings. The van der Waals surface area contributed by atoms with Gasteiger partial charge in [-0.15, -0.1) is 0 Å². The fraction of sp³-hybridized carbons (Fsp3) is 0.316. The first-order valence-electron chi connectivity index (χ1n) is 7.82. The van der Waals surface area contributed by atoms with Gasteiger partial charge in [0.1, 0.15) is 23.9 Å². The van der Waals surface area contributed by atoms with Crippen molar-refractivity contribution in [3.05, 3.63) is 53.6 Å². The lowest BCUT2D eigenvalue weighted by Gasteiger charge is -2.11. The van der Waals surface area contributed by atoms with Crippen LogP contribution in [0.4, 0.5) is 0 Å². The number of carbonyl (C=O) groups is 1. The Balaban J connectivity index is 1.66. The van der Waals surface area contributed by atoms with Crippen molar-refractivity contribution in [3.8, 4) is 17.2 Å². The molecule has 128 valence electrons. The van der Waals surface area contributed by atoms with Gasteiger partial charge < -0.3 is 19.5 Å². The van der Waals surface area contributed by atoms with E-state index in [1.165, 1.54) is 0 Å². The largest absolute Gasteiger partial charge is 0.497 e. The second kappa shape index (κ2) is 8.82. The lowest BCUT2D eigenvalue weighted by molar-refractivity contribution is -0.123. The third kappa shape index (κ3) is 5.50. The SMILES string of the molecule is COc1ccc(OCCNC(=O)COc2cc(C)ccc2C)cc1. The van der Waals surface area contributed by atoms with Gasteiger partial charge in [0, 0.05) is 0 Å². The number of rotatable bonds is 8. The summed E-state index contributed by atoms with van der Waals surface area (Å²) in [6.07, 6.45) is 0. The molecular formula is C19H23NO4. The van der Waals surface area contributed by atoms with Crippen molar-refractivity contribution in [1.29, 1.82) is 0 Å². The molecule has 0 spiro atoms. The molecule has 0 aliphatic carbocycles. The Kier molecular flexibility index (Phi) is 6.49. The average Bonchev–Trinajstić information content (AvgIpc) is 2.60. The number of nitrogens with one attached hydrogen (secondary N) is 1. The molecule has 1 amide bonds. The first-order chi connectivity index (χ1) is 11.6. The van der Waals surface area contributed by atoms with Gasteiger partial charge in [0.15, 0.2) is 6.61 Å². The third-order valence-electron chi connectivity index (χ3n) is 3.45. The minimum Gasteiger partial charge on any atom is -0.497 e. The first kappa shape index (κ1) is 17.7. The summed E-state index contributed by atoms with van der Waals surface area (Å²) in [6.45, 7) is 4.74. The molecule has 2 rings (SSSR count). The summed E-state index contributed by atoms with van der Waals surface area (Å²) in [4.78, 5) is 11.8. The van der Waals surface area contributed by atoms with Crippen LogP contribution in [0.1, 0.15) is 11.1 Å². The highest BCUT2D eigenvalue weighted by molar-refractivity contribution is 5.77. The second-order valence-electron chi connectivity index (χ2n) is 5.43. The predicted octanol–water partition coefficient (Wildman–Crippen LogP) is 2.89. The van der Waals surface area contributed by atoms with E-state index >= 15 is 0 Å². The lowest BCUT2D eigenvalue weighted by atomic mass is 10.1. The van der Waals surface area contributed by atoms with Crippen LogP contribution >= 0.6 is 0 Å². The van der Waals surface area contributed by atoms with E-state index in [1.54, 1.807) is 7.11 Å². The monoisotopic (exact) mass is 329 g/mol. The van der Waals surface area contributed by atoms with Crippen LogP contribution in [0.2, 0.25) is 0 Å². The van der Waals surface area contributed by atoms with Gasteiger partial charge in [-0.1, -0.05) is 12.1 Å². The van der Waals surface area contributed by atoms with Gasteiger partial charge in [-0.2, -0.15) is 0 Å². The molecule has 0 aliphatic heterocycles. The maximum absolute atomic E-state index is 11.8. The van der Waals surface area contributed by atoms with Crippen LogP contribution in [-0.4, -0.2) is 32.8 Å². The molecule has 0 bridgehead atoms. The van der Waals surface area contributed by atoms with E-state index in [9.17, 15) is 4.79 Å². The van der Waals surface area contributed by atoms with Gasteiger partial charge in [0.2, 0.25) is 0 Å². The first-order valence-corrected chi connectivity index (χ1v) is 7.82. The number of benzene rings is 2. The molecule has 0 aromatic heterocycles. The van der Waals surface area contributed by atoms with Gasteiger partial charge >= 0.3 is 0 Å². The molecule has 0 radical (unpaired) electrons. The van der Waals surface area contributed by atoms with E-state index in [0.717, 1.165) is 28.4 Å². The van der Waals surface area contributed by atoms with E-state index in [2.05, 4.69) is 5.32 Å². The molecule has 2 aromatic rings. The Hall–Kier alpha value is -2.69. The Bertz CT molecular complexity index is 668. The summed E-state index contributed by atoms with van der Waals surface area (Å²) in [7, 11) is 1.62. The molecule has 24 heavy (non-hydrogen) atoms. The quantitative estimate of drug-likeness (QED) is 0.757. The zero-order chi connectivity index (χ0) is 17.4. The van der Waals surface area contributed by atoms with Crippen LogP contribution in [0.25, 0.3) is 0 Å². The molecule has 0 atom stereocenters. The molecular weight excluding hydrogens is 306 g/mol. The van der Waals surface area contributed by atoms with E-state index in [0.29, 0.717) is 13.2 Å². The summed E-state index contributed by atoms with van der Waals surface area (Å²) in [5.74, 6) is 2.07. The molecule has 5 nitrogen and oxygen atoms in total. The number of carbonyl (C=O) groups excluding carboxylic acids is 1. The highest BCUT2D eigenvalue weighted by Gasteiger charge is 2.05. The Morgan fingerprint density at radius 1 is 1.00 bits per heavy atom. The van der Waals surface area contributed by atoms with Crippen molar-refractivity contribution in [2.75, 3.05) is 26.9 Å². The second-order valence-corrected chi connectivity index (χ2v) is 5.43. The number of amides is 1. The molecule has 0 heterocycles. The highest BCUT2D eigenvalue weighted by atomic mass is 16.5. The van der Waals surface area contributed by atoms with Crippen LogP contribution in [0, 0.1) is 13.8 Å². The maximum Gasteiger partial charge on any atom is 0.258 e. The summed E-state index contributed by atoms with van der Waals surface area (Å²) in [5, 5.41) is 2.77. The molecule has 0 saturated heterocycles. The minimum atomic E-state index is -0.172. The van der Waals surface area contributed by atoms with Gasteiger partial charge in [-0.05, 0) is 55.3 Å². The topological polar surface area (TPSA) is 56.8 Å². The fourth-order valence-corrected chi connectivity index (χ4v) is 2.09. The number of hydrogen-bond acceptors (Lipinski definition) is 4. The van der Waals surface area contributed by atoms with Crippen molar-refractivity contribution in [3.63, 3.8) is 0 Å². The Labute approximate surface area is 142 Å². The normalized spacial score (nSPS) is 10.1. The highest BCUT2D eigenvalue weighted by Crippen LogP contribution is 2.19. The zero-order valence-electron chi connectivity index (χ0n) is 14.3. The van der Waals surface area contributed by atoms with Crippen molar-refractivity contribution in [2.45, 2.75) is 13.8 Å². The summed E-state index contributed by atoms with van der Waals surface area (Å²) in [6, 6.07) is 13.2. The van der Waals surface area contributed by atoms with Crippen molar-refractivity contribution in [1.82, 2.24) is 5.32 Å². The van der Waals surface area contributed by atoms with Crippen LogP contribution in [0.3, 0.4) is 0 Å². The Morgan fingerprint density at radius 3 is 2.42 bits per heavy atom. The van der Waals surface area contributed by atoms with E-state index < -0.39 is 0 Å². The predicted molar refractivity (Wildman–Crippen MR) is 92.9 cm³/mol. The Morgan fingerprint density at radius 2 is 1.71 bits per heavy atom. The summed E-state index contributed by atoms with van der Waals surface area (Å²) >= 11 is 0. The summed E-state index contributed by atoms with van der Waals surface area (Å²) < 4.78 is 16.2. The van der Waals surface area contributed by atoms with Crippen LogP contribution in [-0.2, 0) is 4.79 Å².